The van der Waals surface area contributed by atoms with Crippen LogP contribution in [0.15, 0.2) is 158 Å². The van der Waals surface area contributed by atoms with Crippen molar-refractivity contribution in [3.63, 3.8) is 0 Å². The molecule has 0 bridgehead atoms. The maximum atomic E-state index is 5.05. The minimum atomic E-state index is 0.685. The molecule has 0 fully saturated rings. The van der Waals surface area contributed by atoms with Gasteiger partial charge in [0.15, 0.2) is 11.6 Å². The molecule has 0 spiro atoms. The highest BCUT2D eigenvalue weighted by atomic mass is 15.0. The van der Waals surface area contributed by atoms with Crippen molar-refractivity contribution in [2.75, 3.05) is 0 Å². The molecule has 218 valence electrons. The number of nitrogens with zero attached hydrogens (tertiary/aromatic N) is 3. The Labute approximate surface area is 268 Å². The summed E-state index contributed by atoms with van der Waals surface area (Å²) in [5.41, 5.74) is 9.10. The van der Waals surface area contributed by atoms with Crippen LogP contribution < -0.4 is 0 Å². The summed E-state index contributed by atoms with van der Waals surface area (Å²) < 4.78 is 0. The lowest BCUT2D eigenvalue weighted by atomic mass is 9.89. The van der Waals surface area contributed by atoms with E-state index in [0.29, 0.717) is 11.6 Å². The summed E-state index contributed by atoms with van der Waals surface area (Å²) in [6.07, 6.45) is 0.720. The molecule has 0 aliphatic rings. The number of hydrogen-bond acceptors (Lipinski definition) is 3. The second kappa shape index (κ2) is 11.9. The standard InChI is InChI=1S/C43H31N3/c1-2-40-44-42(46-43(45-40)37-23-22-33-26-32(20-21-34(33)27-37)29-12-5-3-6-13-29)36-18-11-17-35(28-36)41-38-19-10-9-16-31(38)24-25-39(41)30-14-7-4-8-15-30/h3-28H,2H2,1H3. The topological polar surface area (TPSA) is 38.7 Å². The predicted octanol–water partition coefficient (Wildman–Crippen LogP) is 11.1. The lowest BCUT2D eigenvalue weighted by molar-refractivity contribution is 0.910. The number of hydrogen-bond donors (Lipinski definition) is 0. The molecule has 46 heavy (non-hydrogen) atoms. The fourth-order valence-electron chi connectivity index (χ4n) is 6.29. The van der Waals surface area contributed by atoms with Crippen LogP contribution in [0.2, 0.25) is 0 Å². The molecule has 0 N–H and O–H groups in total. The van der Waals surface area contributed by atoms with E-state index in [-0.39, 0.29) is 0 Å². The molecule has 0 aliphatic heterocycles. The van der Waals surface area contributed by atoms with Crippen LogP contribution in [0.4, 0.5) is 0 Å². The van der Waals surface area contributed by atoms with Gasteiger partial charge in [-0.15, -0.1) is 0 Å². The highest BCUT2D eigenvalue weighted by Crippen LogP contribution is 2.39. The molecule has 7 aromatic carbocycles. The third-order valence-corrected chi connectivity index (χ3v) is 8.63. The van der Waals surface area contributed by atoms with Gasteiger partial charge in [0.2, 0.25) is 0 Å². The van der Waals surface area contributed by atoms with Crippen molar-refractivity contribution < 1.29 is 0 Å². The van der Waals surface area contributed by atoms with Gasteiger partial charge in [-0.3, -0.25) is 0 Å². The van der Waals surface area contributed by atoms with E-state index < -0.39 is 0 Å². The summed E-state index contributed by atoms with van der Waals surface area (Å²) in [5.74, 6) is 2.15. The molecule has 0 atom stereocenters. The first-order valence-corrected chi connectivity index (χ1v) is 15.8. The van der Waals surface area contributed by atoms with Gasteiger partial charge in [-0.05, 0) is 73.1 Å². The van der Waals surface area contributed by atoms with Gasteiger partial charge in [0.05, 0.1) is 0 Å². The Morgan fingerprint density at radius 1 is 0.391 bits per heavy atom. The Hall–Kier alpha value is -5.93. The Morgan fingerprint density at radius 3 is 1.70 bits per heavy atom. The van der Waals surface area contributed by atoms with E-state index in [9.17, 15) is 0 Å². The second-order valence-corrected chi connectivity index (χ2v) is 11.6. The lowest BCUT2D eigenvalue weighted by Crippen LogP contribution is -2.02. The van der Waals surface area contributed by atoms with Crippen molar-refractivity contribution in [3.05, 3.63) is 164 Å². The summed E-state index contributed by atoms with van der Waals surface area (Å²) in [7, 11) is 0. The maximum absolute atomic E-state index is 5.05. The Bertz CT molecular complexity index is 2340. The Morgan fingerprint density at radius 2 is 0.957 bits per heavy atom. The van der Waals surface area contributed by atoms with E-state index in [1.165, 1.54) is 44.0 Å². The van der Waals surface area contributed by atoms with Crippen LogP contribution in [-0.4, -0.2) is 15.0 Å². The fourth-order valence-corrected chi connectivity index (χ4v) is 6.29. The first-order chi connectivity index (χ1) is 22.7. The number of aromatic nitrogens is 3. The molecule has 0 radical (unpaired) electrons. The molecule has 0 saturated heterocycles. The molecule has 0 unspecified atom stereocenters. The molecule has 1 heterocycles. The van der Waals surface area contributed by atoms with Gasteiger partial charge in [0.1, 0.15) is 5.82 Å². The van der Waals surface area contributed by atoms with Crippen LogP contribution >= 0.6 is 0 Å². The average Bonchev–Trinajstić information content (AvgIpc) is 3.14. The van der Waals surface area contributed by atoms with Crippen molar-refractivity contribution >= 4 is 21.5 Å². The van der Waals surface area contributed by atoms with Crippen molar-refractivity contribution in [1.29, 1.82) is 0 Å². The normalized spacial score (nSPS) is 11.2. The molecule has 0 aliphatic carbocycles. The van der Waals surface area contributed by atoms with Crippen LogP contribution in [-0.2, 0) is 6.42 Å². The average molecular weight is 590 g/mol. The Kier molecular flexibility index (Phi) is 7.12. The van der Waals surface area contributed by atoms with Gasteiger partial charge < -0.3 is 0 Å². The van der Waals surface area contributed by atoms with Gasteiger partial charge in [-0.2, -0.15) is 0 Å². The smallest absolute Gasteiger partial charge is 0.163 e. The number of aryl methyl sites for hydroxylation is 1. The largest absolute Gasteiger partial charge is 0.213 e. The SMILES string of the molecule is CCc1nc(-c2cccc(-c3c(-c4ccccc4)ccc4ccccc34)c2)nc(-c2ccc3cc(-c4ccccc4)ccc3c2)n1. The molecule has 0 amide bonds. The number of fused-ring (bicyclic) bond motifs is 2. The summed E-state index contributed by atoms with van der Waals surface area (Å²) in [6, 6.07) is 55.8. The summed E-state index contributed by atoms with van der Waals surface area (Å²) >= 11 is 0. The van der Waals surface area contributed by atoms with E-state index in [1.807, 2.05) is 6.07 Å². The molecule has 8 rings (SSSR count). The Balaban J connectivity index is 1.22. The number of rotatable bonds is 6. The first-order valence-electron chi connectivity index (χ1n) is 15.8. The zero-order chi connectivity index (χ0) is 30.9. The van der Waals surface area contributed by atoms with Gasteiger partial charge in [-0.25, -0.2) is 15.0 Å². The monoisotopic (exact) mass is 589 g/mol. The zero-order valence-corrected chi connectivity index (χ0v) is 25.6. The van der Waals surface area contributed by atoms with Gasteiger partial charge in [-0.1, -0.05) is 146 Å². The molecule has 3 nitrogen and oxygen atoms in total. The molecule has 0 saturated carbocycles. The minimum absolute atomic E-state index is 0.685. The molecular formula is C43H31N3. The third kappa shape index (κ3) is 5.22. The van der Waals surface area contributed by atoms with E-state index in [4.69, 9.17) is 15.0 Å². The van der Waals surface area contributed by atoms with Gasteiger partial charge in [0, 0.05) is 17.5 Å². The van der Waals surface area contributed by atoms with E-state index in [0.717, 1.165) is 34.3 Å². The van der Waals surface area contributed by atoms with Crippen molar-refractivity contribution in [2.45, 2.75) is 13.3 Å². The van der Waals surface area contributed by atoms with Crippen LogP contribution in [0.1, 0.15) is 12.7 Å². The zero-order valence-electron chi connectivity index (χ0n) is 25.6. The van der Waals surface area contributed by atoms with Crippen LogP contribution in [0, 0.1) is 0 Å². The molecule has 8 aromatic rings. The first kappa shape index (κ1) is 27.6. The van der Waals surface area contributed by atoms with E-state index >= 15 is 0 Å². The second-order valence-electron chi connectivity index (χ2n) is 11.6. The van der Waals surface area contributed by atoms with Crippen molar-refractivity contribution in [1.82, 2.24) is 15.0 Å². The highest BCUT2D eigenvalue weighted by molar-refractivity contribution is 6.04. The van der Waals surface area contributed by atoms with Crippen LogP contribution in [0.25, 0.3) is 77.7 Å². The highest BCUT2D eigenvalue weighted by Gasteiger charge is 2.15. The summed E-state index contributed by atoms with van der Waals surface area (Å²) in [5, 5.41) is 4.78. The fraction of sp³-hybridized carbons (Fsp3) is 0.0465. The van der Waals surface area contributed by atoms with Crippen LogP contribution in [0.5, 0.6) is 0 Å². The van der Waals surface area contributed by atoms with Crippen molar-refractivity contribution in [2.24, 2.45) is 0 Å². The van der Waals surface area contributed by atoms with E-state index in [2.05, 4.69) is 159 Å². The van der Waals surface area contributed by atoms with Crippen LogP contribution in [0.3, 0.4) is 0 Å². The third-order valence-electron chi connectivity index (χ3n) is 8.63. The van der Waals surface area contributed by atoms with E-state index in [1.54, 1.807) is 0 Å². The summed E-state index contributed by atoms with van der Waals surface area (Å²) in [4.78, 5) is 14.8. The molecular weight excluding hydrogens is 558 g/mol. The predicted molar refractivity (Wildman–Crippen MR) is 191 cm³/mol. The van der Waals surface area contributed by atoms with Gasteiger partial charge >= 0.3 is 0 Å². The molecule has 1 aromatic heterocycles. The number of benzene rings is 7. The quantitative estimate of drug-likeness (QED) is 0.194. The van der Waals surface area contributed by atoms with Crippen molar-refractivity contribution in [3.8, 4) is 56.2 Å². The minimum Gasteiger partial charge on any atom is -0.213 e. The molecule has 3 heteroatoms. The summed E-state index contributed by atoms with van der Waals surface area (Å²) in [6.45, 7) is 2.09. The lowest BCUT2D eigenvalue weighted by Gasteiger charge is -2.15. The van der Waals surface area contributed by atoms with Gasteiger partial charge in [0.25, 0.3) is 0 Å². The maximum Gasteiger partial charge on any atom is 0.163 e.